The van der Waals surface area contributed by atoms with Crippen LogP contribution < -0.4 is 15.6 Å². The summed E-state index contributed by atoms with van der Waals surface area (Å²) in [6, 6.07) is 18.4. The summed E-state index contributed by atoms with van der Waals surface area (Å²) in [7, 11) is 0. The van der Waals surface area contributed by atoms with Gasteiger partial charge in [-0.25, -0.2) is 10.9 Å². The standard InChI is InChI=1S/C26H28N4O3/c1-2-14-33-19-7-5-6-18(15-19)25-22-23(20-8-3-4-9-21(20)31)28-29-24(22)26(32)30(25)16-17-10-12-27-13-11-17/h3-13,15,22-25,28-29,31H,2,14,16H2,1H3. The average molecular weight is 445 g/mol. The van der Waals surface area contributed by atoms with Crippen molar-refractivity contribution in [2.24, 2.45) is 5.92 Å². The zero-order valence-electron chi connectivity index (χ0n) is 18.5. The van der Waals surface area contributed by atoms with Crippen molar-refractivity contribution in [3.63, 3.8) is 0 Å². The van der Waals surface area contributed by atoms with Crippen molar-refractivity contribution in [2.45, 2.75) is 38.0 Å². The third kappa shape index (κ3) is 4.05. The topological polar surface area (TPSA) is 86.7 Å². The van der Waals surface area contributed by atoms with E-state index in [0.717, 1.165) is 28.9 Å². The first-order valence-corrected chi connectivity index (χ1v) is 11.4. The maximum Gasteiger partial charge on any atom is 0.242 e. The fourth-order valence-corrected chi connectivity index (χ4v) is 4.99. The molecule has 5 rings (SSSR count). The number of hydrogen-bond donors (Lipinski definition) is 3. The molecule has 170 valence electrons. The molecule has 0 aliphatic carbocycles. The van der Waals surface area contributed by atoms with Gasteiger partial charge in [-0.15, -0.1) is 0 Å². The van der Waals surface area contributed by atoms with Crippen LogP contribution in [0.3, 0.4) is 0 Å². The monoisotopic (exact) mass is 444 g/mol. The van der Waals surface area contributed by atoms with Crippen LogP contribution in [-0.4, -0.2) is 33.5 Å². The molecule has 0 bridgehead atoms. The molecule has 1 amide bonds. The van der Waals surface area contributed by atoms with E-state index < -0.39 is 6.04 Å². The average Bonchev–Trinajstić information content (AvgIpc) is 3.38. The Hall–Kier alpha value is -3.42. The summed E-state index contributed by atoms with van der Waals surface area (Å²) >= 11 is 0. The molecular weight excluding hydrogens is 416 g/mol. The van der Waals surface area contributed by atoms with E-state index in [1.54, 1.807) is 24.5 Å². The number of benzene rings is 2. The number of rotatable bonds is 7. The molecule has 7 nitrogen and oxygen atoms in total. The summed E-state index contributed by atoms with van der Waals surface area (Å²) in [5.74, 6) is 0.935. The van der Waals surface area contributed by atoms with E-state index in [9.17, 15) is 9.90 Å². The van der Waals surface area contributed by atoms with Crippen molar-refractivity contribution < 1.29 is 14.6 Å². The molecule has 7 heteroatoms. The predicted octanol–water partition coefficient (Wildman–Crippen LogP) is 3.49. The Bertz CT molecular complexity index is 1120. The van der Waals surface area contributed by atoms with Crippen LogP contribution in [0.25, 0.3) is 0 Å². The zero-order chi connectivity index (χ0) is 22.8. The van der Waals surface area contributed by atoms with Crippen molar-refractivity contribution in [3.05, 3.63) is 89.7 Å². The number of pyridine rings is 1. The first-order chi connectivity index (χ1) is 16.2. The molecule has 1 aromatic heterocycles. The van der Waals surface area contributed by atoms with Gasteiger partial charge in [0.05, 0.1) is 18.7 Å². The van der Waals surface area contributed by atoms with Crippen LogP contribution in [0.2, 0.25) is 0 Å². The minimum Gasteiger partial charge on any atom is -0.508 e. The van der Waals surface area contributed by atoms with E-state index in [-0.39, 0.29) is 29.7 Å². The summed E-state index contributed by atoms with van der Waals surface area (Å²) in [5.41, 5.74) is 9.31. The highest BCUT2D eigenvalue weighted by Crippen LogP contribution is 2.49. The first kappa shape index (κ1) is 21.4. The van der Waals surface area contributed by atoms with E-state index in [2.05, 4.69) is 28.8 Å². The Morgan fingerprint density at radius 2 is 1.82 bits per heavy atom. The maximum atomic E-state index is 13.6. The van der Waals surface area contributed by atoms with Gasteiger partial charge in [-0.05, 0) is 47.9 Å². The van der Waals surface area contributed by atoms with Gasteiger partial charge in [-0.3, -0.25) is 9.78 Å². The van der Waals surface area contributed by atoms with Crippen LogP contribution >= 0.6 is 0 Å². The molecule has 33 heavy (non-hydrogen) atoms. The number of phenols is 1. The molecule has 4 atom stereocenters. The number of para-hydroxylation sites is 1. The Morgan fingerprint density at radius 1 is 1.03 bits per heavy atom. The van der Waals surface area contributed by atoms with E-state index in [4.69, 9.17) is 4.74 Å². The van der Waals surface area contributed by atoms with E-state index in [0.29, 0.717) is 13.2 Å². The minimum atomic E-state index is -0.401. The summed E-state index contributed by atoms with van der Waals surface area (Å²) in [4.78, 5) is 19.6. The number of nitrogens with one attached hydrogen (secondary N) is 2. The number of hydrazine groups is 1. The number of carbonyl (C=O) groups excluding carboxylic acids is 1. The molecular formula is C26H28N4O3. The molecule has 3 N–H and O–H groups in total. The smallest absolute Gasteiger partial charge is 0.242 e. The van der Waals surface area contributed by atoms with Crippen LogP contribution in [0.15, 0.2) is 73.1 Å². The predicted molar refractivity (Wildman–Crippen MR) is 124 cm³/mol. The lowest BCUT2D eigenvalue weighted by atomic mass is 9.83. The molecule has 0 saturated carbocycles. The van der Waals surface area contributed by atoms with Gasteiger partial charge in [0.25, 0.3) is 0 Å². The highest BCUT2D eigenvalue weighted by Gasteiger charge is 2.55. The zero-order valence-corrected chi connectivity index (χ0v) is 18.5. The van der Waals surface area contributed by atoms with Crippen LogP contribution in [-0.2, 0) is 11.3 Å². The third-order valence-electron chi connectivity index (χ3n) is 6.46. The van der Waals surface area contributed by atoms with Crippen LogP contribution in [0.1, 0.15) is 42.1 Å². The van der Waals surface area contributed by atoms with Gasteiger partial charge >= 0.3 is 0 Å². The number of aromatic hydroxyl groups is 1. The number of carbonyl (C=O) groups is 1. The molecule has 3 aromatic rings. The van der Waals surface area contributed by atoms with Gasteiger partial charge in [0.1, 0.15) is 17.5 Å². The summed E-state index contributed by atoms with van der Waals surface area (Å²) in [6.45, 7) is 3.20. The Morgan fingerprint density at radius 3 is 2.61 bits per heavy atom. The second-order valence-corrected chi connectivity index (χ2v) is 8.57. The lowest BCUT2D eigenvalue weighted by Gasteiger charge is -2.31. The molecule has 4 unspecified atom stereocenters. The molecule has 3 heterocycles. The SMILES string of the molecule is CCCOc1cccc(C2C3C(NNC3c3ccccc3O)C(=O)N2Cc2ccncc2)c1. The fourth-order valence-electron chi connectivity index (χ4n) is 4.99. The fraction of sp³-hybridized carbons (Fsp3) is 0.308. The Kier molecular flexibility index (Phi) is 5.98. The molecule has 2 fully saturated rings. The van der Waals surface area contributed by atoms with E-state index in [1.807, 2.05) is 47.4 Å². The normalized spacial score (nSPS) is 24.2. The van der Waals surface area contributed by atoms with Crippen LogP contribution in [0.4, 0.5) is 0 Å². The lowest BCUT2D eigenvalue weighted by Crippen LogP contribution is -2.41. The lowest BCUT2D eigenvalue weighted by molar-refractivity contribution is -0.131. The highest BCUT2D eigenvalue weighted by atomic mass is 16.5. The Labute approximate surface area is 193 Å². The van der Waals surface area contributed by atoms with Gasteiger partial charge in [0.15, 0.2) is 0 Å². The molecule has 2 aromatic carbocycles. The second kappa shape index (κ2) is 9.21. The van der Waals surface area contributed by atoms with Gasteiger partial charge in [0.2, 0.25) is 5.91 Å². The quantitative estimate of drug-likeness (QED) is 0.517. The maximum absolute atomic E-state index is 13.6. The molecule has 2 aliphatic heterocycles. The second-order valence-electron chi connectivity index (χ2n) is 8.57. The summed E-state index contributed by atoms with van der Waals surface area (Å²) in [5, 5.41) is 10.6. The molecule has 0 radical (unpaired) electrons. The number of phenolic OH excluding ortho intramolecular Hbond substituents is 1. The van der Waals surface area contributed by atoms with Gasteiger partial charge in [-0.2, -0.15) is 0 Å². The minimum absolute atomic E-state index is 0.0344. The van der Waals surface area contributed by atoms with Crippen molar-refractivity contribution in [2.75, 3.05) is 6.61 Å². The van der Waals surface area contributed by atoms with Crippen molar-refractivity contribution >= 4 is 5.91 Å². The van der Waals surface area contributed by atoms with Gasteiger partial charge in [0, 0.05) is 30.4 Å². The third-order valence-corrected chi connectivity index (χ3v) is 6.46. The highest BCUT2D eigenvalue weighted by molar-refractivity contribution is 5.86. The number of ether oxygens (including phenoxy) is 1. The largest absolute Gasteiger partial charge is 0.508 e. The Balaban J connectivity index is 1.56. The number of hydrogen-bond acceptors (Lipinski definition) is 6. The summed E-state index contributed by atoms with van der Waals surface area (Å²) in [6.07, 6.45) is 4.42. The van der Waals surface area contributed by atoms with E-state index >= 15 is 0 Å². The number of fused-ring (bicyclic) bond motifs is 1. The molecule has 2 saturated heterocycles. The number of aromatic nitrogens is 1. The number of amides is 1. The number of nitrogens with zero attached hydrogens (tertiary/aromatic N) is 2. The van der Waals surface area contributed by atoms with E-state index in [1.165, 1.54) is 0 Å². The summed E-state index contributed by atoms with van der Waals surface area (Å²) < 4.78 is 5.89. The molecule has 0 spiro atoms. The molecule has 2 aliphatic rings. The number of likely N-dealkylation sites (tertiary alicyclic amines) is 1. The van der Waals surface area contributed by atoms with Crippen LogP contribution in [0.5, 0.6) is 11.5 Å². The van der Waals surface area contributed by atoms with Crippen molar-refractivity contribution in [3.8, 4) is 11.5 Å². The van der Waals surface area contributed by atoms with Crippen LogP contribution in [0, 0.1) is 5.92 Å². The van der Waals surface area contributed by atoms with Gasteiger partial charge in [-0.1, -0.05) is 37.3 Å². The van der Waals surface area contributed by atoms with Gasteiger partial charge < -0.3 is 14.7 Å². The van der Waals surface area contributed by atoms with Crippen molar-refractivity contribution in [1.82, 2.24) is 20.7 Å². The first-order valence-electron chi connectivity index (χ1n) is 11.4. The van der Waals surface area contributed by atoms with Crippen molar-refractivity contribution in [1.29, 1.82) is 0 Å².